The van der Waals surface area contributed by atoms with Crippen LogP contribution >= 0.6 is 7.60 Å². The summed E-state index contributed by atoms with van der Waals surface area (Å²) in [5.74, 6) is 0. The zero-order valence-electron chi connectivity index (χ0n) is 8.06. The molecule has 5 nitrogen and oxygen atoms in total. The van der Waals surface area contributed by atoms with Crippen molar-refractivity contribution in [2.45, 2.75) is 32.0 Å². The van der Waals surface area contributed by atoms with Crippen LogP contribution in [-0.4, -0.2) is 34.7 Å². The van der Waals surface area contributed by atoms with Crippen molar-refractivity contribution in [3.05, 3.63) is 0 Å². The second-order valence-corrected chi connectivity index (χ2v) is 6.40. The maximum absolute atomic E-state index is 11.3. The minimum Gasteiger partial charge on any atom is -0.778 e. The van der Waals surface area contributed by atoms with Crippen molar-refractivity contribution in [1.82, 2.24) is 0 Å². The first-order chi connectivity index (χ1) is 5.70. The molecule has 0 aromatic carbocycles. The lowest BCUT2D eigenvalue weighted by Crippen LogP contribution is -2.28. The van der Waals surface area contributed by atoms with Gasteiger partial charge in [-0.05, 0) is 0 Å². The van der Waals surface area contributed by atoms with Gasteiger partial charge in [0.2, 0.25) is 0 Å². The van der Waals surface area contributed by atoms with Gasteiger partial charge in [0.1, 0.15) is 13.7 Å². The molecule has 2 N–H and O–H groups in total. The van der Waals surface area contributed by atoms with Gasteiger partial charge in [-0.15, -0.1) is 0 Å². The predicted molar refractivity (Wildman–Crippen MR) is 46.4 cm³/mol. The minimum atomic E-state index is -3.96. The Morgan fingerprint density at radius 1 is 1.54 bits per heavy atom. The van der Waals surface area contributed by atoms with Crippen molar-refractivity contribution >= 4 is 7.60 Å². The molecule has 0 saturated heterocycles. The molecule has 13 heavy (non-hydrogen) atoms. The molecular formula is C7H16O5P-. The maximum Gasteiger partial charge on any atom is 0.140 e. The zero-order valence-corrected chi connectivity index (χ0v) is 8.95. The largest absolute Gasteiger partial charge is 0.778 e. The average molecular weight is 211 g/mol. The second-order valence-electron chi connectivity index (χ2n) is 3.80. The number of hydrogen-bond acceptors (Lipinski definition) is 5. The molecule has 0 fully saturated rings. The van der Waals surface area contributed by atoms with Crippen LogP contribution in [0.3, 0.4) is 0 Å². The third-order valence-corrected chi connectivity index (χ3v) is 3.60. The van der Waals surface area contributed by atoms with E-state index in [9.17, 15) is 9.46 Å². The molecule has 80 valence electrons. The van der Waals surface area contributed by atoms with E-state index in [0.717, 1.165) is 0 Å². The highest BCUT2D eigenvalue weighted by Crippen LogP contribution is 2.50. The molecule has 0 saturated carbocycles. The minimum absolute atomic E-state index is 0.394. The van der Waals surface area contributed by atoms with E-state index in [4.69, 9.17) is 10.2 Å². The summed E-state index contributed by atoms with van der Waals surface area (Å²) in [5.41, 5.74) is 0. The van der Waals surface area contributed by atoms with Crippen molar-refractivity contribution in [1.29, 1.82) is 0 Å². The number of hydrogen-bond donors (Lipinski definition) is 2. The van der Waals surface area contributed by atoms with E-state index in [1.54, 1.807) is 0 Å². The topological polar surface area (TPSA) is 89.8 Å². The summed E-state index contributed by atoms with van der Waals surface area (Å²) in [6.07, 6.45) is -1.15. The molecular weight excluding hydrogens is 195 g/mol. The highest BCUT2D eigenvalue weighted by Gasteiger charge is 2.27. The van der Waals surface area contributed by atoms with Crippen LogP contribution in [-0.2, 0) is 9.09 Å². The summed E-state index contributed by atoms with van der Waals surface area (Å²) in [5, 5.41) is 16.3. The highest BCUT2D eigenvalue weighted by atomic mass is 31.2. The smallest absolute Gasteiger partial charge is 0.140 e. The predicted octanol–water partition coefficient (Wildman–Crippen LogP) is -0.292. The lowest BCUT2D eigenvalue weighted by atomic mass is 10.3. The van der Waals surface area contributed by atoms with Gasteiger partial charge in [-0.3, -0.25) is 0 Å². The van der Waals surface area contributed by atoms with Gasteiger partial charge >= 0.3 is 0 Å². The van der Waals surface area contributed by atoms with Crippen LogP contribution in [0.25, 0.3) is 0 Å². The fraction of sp³-hybridized carbons (Fsp3) is 1.00. The molecule has 0 radical (unpaired) electrons. The van der Waals surface area contributed by atoms with Crippen LogP contribution in [0.1, 0.15) is 20.8 Å². The molecule has 2 atom stereocenters. The third-order valence-electron chi connectivity index (χ3n) is 1.47. The van der Waals surface area contributed by atoms with E-state index in [2.05, 4.69) is 4.52 Å². The first-order valence-corrected chi connectivity index (χ1v) is 5.49. The van der Waals surface area contributed by atoms with E-state index in [0.29, 0.717) is 0 Å². The first-order valence-electron chi connectivity index (χ1n) is 3.95. The van der Waals surface area contributed by atoms with E-state index in [1.807, 2.05) is 0 Å². The SMILES string of the molecule is CC(C)(C)P(=O)([O-])OCC(O)CO. The third kappa shape index (κ3) is 4.20. The monoisotopic (exact) mass is 211 g/mol. The average Bonchev–Trinajstić information content (AvgIpc) is 1.98. The van der Waals surface area contributed by atoms with Crippen LogP contribution in [0.5, 0.6) is 0 Å². The number of aliphatic hydroxyl groups is 2. The Morgan fingerprint density at radius 2 is 2.00 bits per heavy atom. The van der Waals surface area contributed by atoms with Crippen molar-refractivity contribution in [2.24, 2.45) is 0 Å². The van der Waals surface area contributed by atoms with E-state index < -0.39 is 32.1 Å². The van der Waals surface area contributed by atoms with Crippen molar-refractivity contribution < 1.29 is 24.2 Å². The number of rotatable bonds is 4. The van der Waals surface area contributed by atoms with E-state index in [-0.39, 0.29) is 0 Å². The molecule has 0 aliphatic heterocycles. The van der Waals surface area contributed by atoms with Gasteiger partial charge in [0.15, 0.2) is 0 Å². The van der Waals surface area contributed by atoms with Gasteiger partial charge in [-0.2, -0.15) is 0 Å². The molecule has 0 rings (SSSR count). The Morgan fingerprint density at radius 3 is 2.31 bits per heavy atom. The van der Waals surface area contributed by atoms with Crippen LogP contribution < -0.4 is 4.89 Å². The number of aliphatic hydroxyl groups excluding tert-OH is 2. The molecule has 0 aliphatic carbocycles. The molecule has 0 bridgehead atoms. The van der Waals surface area contributed by atoms with Gasteiger partial charge < -0.3 is 24.2 Å². The van der Waals surface area contributed by atoms with Crippen LogP contribution in [0, 0.1) is 0 Å². The summed E-state index contributed by atoms with van der Waals surface area (Å²) in [7, 11) is -3.96. The fourth-order valence-corrected chi connectivity index (χ4v) is 1.19. The summed E-state index contributed by atoms with van der Waals surface area (Å²) in [6.45, 7) is 3.61. The summed E-state index contributed by atoms with van der Waals surface area (Å²) in [4.78, 5) is 11.3. The Hall–Kier alpha value is 0.0700. The molecule has 0 heterocycles. The maximum atomic E-state index is 11.3. The van der Waals surface area contributed by atoms with Gasteiger partial charge in [-0.25, -0.2) is 0 Å². The van der Waals surface area contributed by atoms with Gasteiger partial charge in [-0.1, -0.05) is 20.8 Å². The molecule has 0 aliphatic rings. The Balaban J connectivity index is 4.13. The fourth-order valence-electron chi connectivity index (χ4n) is 0.431. The Labute approximate surface area is 77.9 Å². The van der Waals surface area contributed by atoms with Gasteiger partial charge in [0, 0.05) is 5.16 Å². The Bertz CT molecular complexity index is 198. The van der Waals surface area contributed by atoms with Crippen LogP contribution in [0.4, 0.5) is 0 Å². The summed E-state index contributed by atoms with van der Waals surface area (Å²) in [6, 6.07) is 0. The first kappa shape index (κ1) is 13.1. The summed E-state index contributed by atoms with van der Waals surface area (Å²) >= 11 is 0. The van der Waals surface area contributed by atoms with Gasteiger partial charge in [0.25, 0.3) is 0 Å². The normalized spacial score (nSPS) is 19.5. The van der Waals surface area contributed by atoms with Crippen LogP contribution in [0.15, 0.2) is 0 Å². The highest BCUT2D eigenvalue weighted by molar-refractivity contribution is 7.53. The summed E-state index contributed by atoms with van der Waals surface area (Å²) < 4.78 is 15.8. The van der Waals surface area contributed by atoms with Crippen LogP contribution in [0.2, 0.25) is 0 Å². The van der Waals surface area contributed by atoms with Gasteiger partial charge in [0.05, 0.1) is 13.2 Å². The quantitative estimate of drug-likeness (QED) is 0.623. The van der Waals surface area contributed by atoms with Crippen molar-refractivity contribution in [2.75, 3.05) is 13.2 Å². The second kappa shape index (κ2) is 4.53. The zero-order chi connectivity index (χ0) is 10.7. The Kier molecular flexibility index (Phi) is 4.55. The molecule has 0 aromatic rings. The lowest BCUT2D eigenvalue weighted by molar-refractivity contribution is -0.206. The molecule has 2 unspecified atom stereocenters. The lowest BCUT2D eigenvalue weighted by Gasteiger charge is -2.35. The van der Waals surface area contributed by atoms with Crippen molar-refractivity contribution in [3.63, 3.8) is 0 Å². The van der Waals surface area contributed by atoms with Crippen molar-refractivity contribution in [3.8, 4) is 0 Å². The van der Waals surface area contributed by atoms with E-state index >= 15 is 0 Å². The molecule has 0 amide bonds. The van der Waals surface area contributed by atoms with E-state index in [1.165, 1.54) is 20.8 Å². The molecule has 0 aromatic heterocycles. The standard InChI is InChI=1S/C7H17O5P/c1-7(2,3)13(10,11)12-5-6(9)4-8/h6,8-9H,4-5H2,1-3H3,(H,10,11)/p-1. The molecule has 6 heteroatoms. The molecule has 0 spiro atoms.